The standard InChI is InChI=1S/C14H15NO5/c16-11-8-12(15(9-11)14(18)19)13(17)20-7-6-10-4-2-1-3-5-10/h1-5,12H,6-9H2,(H,18,19). The number of hydrogen-bond donors (Lipinski definition) is 1. The maximum Gasteiger partial charge on any atom is 0.408 e. The molecule has 0 radical (unpaired) electrons. The molecule has 1 aliphatic rings. The summed E-state index contributed by atoms with van der Waals surface area (Å²) in [6.07, 6.45) is -0.822. The van der Waals surface area contributed by atoms with E-state index in [2.05, 4.69) is 0 Å². The van der Waals surface area contributed by atoms with E-state index in [9.17, 15) is 14.4 Å². The van der Waals surface area contributed by atoms with E-state index in [4.69, 9.17) is 9.84 Å². The van der Waals surface area contributed by atoms with Crippen molar-refractivity contribution in [3.05, 3.63) is 35.9 Å². The molecule has 0 spiro atoms. The summed E-state index contributed by atoms with van der Waals surface area (Å²) >= 11 is 0. The lowest BCUT2D eigenvalue weighted by atomic mass is 10.2. The quantitative estimate of drug-likeness (QED) is 0.833. The third-order valence-electron chi connectivity index (χ3n) is 3.14. The van der Waals surface area contributed by atoms with E-state index in [1.54, 1.807) is 0 Å². The summed E-state index contributed by atoms with van der Waals surface area (Å²) < 4.78 is 5.06. The fourth-order valence-corrected chi connectivity index (χ4v) is 2.11. The van der Waals surface area contributed by atoms with Gasteiger partial charge in [-0.05, 0) is 5.56 Å². The van der Waals surface area contributed by atoms with Gasteiger partial charge in [-0.3, -0.25) is 9.69 Å². The largest absolute Gasteiger partial charge is 0.465 e. The molecule has 1 amide bonds. The molecule has 20 heavy (non-hydrogen) atoms. The average Bonchev–Trinajstić information content (AvgIpc) is 2.82. The number of carbonyl (C=O) groups excluding carboxylic acids is 2. The molecule has 1 aromatic carbocycles. The highest BCUT2D eigenvalue weighted by atomic mass is 16.5. The number of ether oxygens (including phenoxy) is 1. The smallest absolute Gasteiger partial charge is 0.408 e. The van der Waals surface area contributed by atoms with Crippen molar-refractivity contribution in [1.29, 1.82) is 0 Å². The third kappa shape index (κ3) is 3.34. The lowest BCUT2D eigenvalue weighted by Gasteiger charge is -2.18. The van der Waals surface area contributed by atoms with Crippen molar-refractivity contribution in [2.24, 2.45) is 0 Å². The number of rotatable bonds is 4. The van der Waals surface area contributed by atoms with Gasteiger partial charge in [0, 0.05) is 12.8 Å². The number of Topliss-reactive ketones (excluding diaryl/α,β-unsaturated/α-hetero) is 1. The maximum absolute atomic E-state index is 11.8. The number of benzene rings is 1. The van der Waals surface area contributed by atoms with Crippen molar-refractivity contribution in [3.8, 4) is 0 Å². The number of ketones is 1. The third-order valence-corrected chi connectivity index (χ3v) is 3.14. The van der Waals surface area contributed by atoms with Crippen LogP contribution in [0.4, 0.5) is 4.79 Å². The lowest BCUT2D eigenvalue weighted by molar-refractivity contribution is -0.148. The number of hydrogen-bond acceptors (Lipinski definition) is 4. The van der Waals surface area contributed by atoms with Gasteiger partial charge in [-0.2, -0.15) is 0 Å². The van der Waals surface area contributed by atoms with Gasteiger partial charge in [0.25, 0.3) is 0 Å². The zero-order valence-electron chi connectivity index (χ0n) is 10.8. The van der Waals surface area contributed by atoms with E-state index < -0.39 is 18.1 Å². The summed E-state index contributed by atoms with van der Waals surface area (Å²) in [5, 5.41) is 8.92. The molecule has 1 aliphatic heterocycles. The average molecular weight is 277 g/mol. The van der Waals surface area contributed by atoms with E-state index in [-0.39, 0.29) is 25.4 Å². The molecule has 2 rings (SSSR count). The van der Waals surface area contributed by atoms with Crippen LogP contribution in [0.25, 0.3) is 0 Å². The fraction of sp³-hybridized carbons (Fsp3) is 0.357. The number of nitrogens with zero attached hydrogens (tertiary/aromatic N) is 1. The van der Waals surface area contributed by atoms with Crippen LogP contribution in [0.5, 0.6) is 0 Å². The minimum Gasteiger partial charge on any atom is -0.465 e. The van der Waals surface area contributed by atoms with Gasteiger partial charge in [0.1, 0.15) is 6.04 Å². The molecule has 1 atom stereocenters. The second-order valence-electron chi connectivity index (χ2n) is 4.57. The summed E-state index contributed by atoms with van der Waals surface area (Å²) in [5.74, 6) is -0.924. The molecular formula is C14H15NO5. The first-order valence-electron chi connectivity index (χ1n) is 6.30. The van der Waals surface area contributed by atoms with Gasteiger partial charge in [0.05, 0.1) is 13.2 Å². The van der Waals surface area contributed by atoms with E-state index in [0.29, 0.717) is 6.42 Å². The first kappa shape index (κ1) is 14.0. The van der Waals surface area contributed by atoms with E-state index in [0.717, 1.165) is 10.5 Å². The predicted octanol–water partition coefficient (Wildman–Crippen LogP) is 1.09. The van der Waals surface area contributed by atoms with Crippen LogP contribution in [0.15, 0.2) is 30.3 Å². The summed E-state index contributed by atoms with van der Waals surface area (Å²) in [7, 11) is 0. The van der Waals surface area contributed by atoms with Gasteiger partial charge < -0.3 is 9.84 Å². The topological polar surface area (TPSA) is 83.9 Å². The van der Waals surface area contributed by atoms with Crippen molar-refractivity contribution in [2.75, 3.05) is 13.2 Å². The van der Waals surface area contributed by atoms with Crippen LogP contribution in [0, 0.1) is 0 Å². The predicted molar refractivity (Wildman–Crippen MR) is 69.2 cm³/mol. The van der Waals surface area contributed by atoms with Gasteiger partial charge in [0.2, 0.25) is 0 Å². The highest BCUT2D eigenvalue weighted by Crippen LogP contribution is 2.16. The Kier molecular flexibility index (Phi) is 4.34. The zero-order chi connectivity index (χ0) is 14.5. The minimum atomic E-state index is -1.28. The van der Waals surface area contributed by atoms with E-state index >= 15 is 0 Å². The van der Waals surface area contributed by atoms with E-state index in [1.165, 1.54) is 0 Å². The van der Waals surface area contributed by atoms with Gasteiger partial charge in [-0.25, -0.2) is 9.59 Å². The van der Waals surface area contributed by atoms with Gasteiger partial charge in [-0.15, -0.1) is 0 Å². The number of amides is 1. The van der Waals surface area contributed by atoms with Crippen LogP contribution < -0.4 is 0 Å². The number of carbonyl (C=O) groups is 3. The first-order valence-corrected chi connectivity index (χ1v) is 6.30. The fourth-order valence-electron chi connectivity index (χ4n) is 2.11. The van der Waals surface area contributed by atoms with Crippen LogP contribution in [0.1, 0.15) is 12.0 Å². The summed E-state index contributed by atoms with van der Waals surface area (Å²) in [5.41, 5.74) is 1.03. The second kappa shape index (κ2) is 6.18. The summed E-state index contributed by atoms with van der Waals surface area (Å²) in [6, 6.07) is 8.49. The van der Waals surface area contributed by atoms with Crippen LogP contribution in [-0.4, -0.2) is 47.0 Å². The molecule has 6 heteroatoms. The number of esters is 1. The van der Waals surface area contributed by atoms with Crippen LogP contribution in [0.2, 0.25) is 0 Å². The number of carboxylic acid groups (broad SMARTS) is 1. The Morgan fingerprint density at radius 2 is 2.00 bits per heavy atom. The Morgan fingerprint density at radius 3 is 2.65 bits per heavy atom. The second-order valence-corrected chi connectivity index (χ2v) is 4.57. The summed E-state index contributed by atoms with van der Waals surface area (Å²) in [4.78, 5) is 34.8. The maximum atomic E-state index is 11.8. The van der Waals surface area contributed by atoms with Crippen molar-refractivity contribution < 1.29 is 24.2 Å². The minimum absolute atomic E-state index is 0.101. The Hall–Kier alpha value is -2.37. The van der Waals surface area contributed by atoms with Crippen molar-refractivity contribution in [2.45, 2.75) is 18.9 Å². The first-order chi connectivity index (χ1) is 9.58. The molecule has 0 aliphatic carbocycles. The monoisotopic (exact) mass is 277 g/mol. The molecule has 6 nitrogen and oxygen atoms in total. The van der Waals surface area contributed by atoms with Crippen LogP contribution in [0.3, 0.4) is 0 Å². The normalized spacial score (nSPS) is 18.1. The molecule has 0 saturated carbocycles. The van der Waals surface area contributed by atoms with E-state index in [1.807, 2.05) is 30.3 Å². The van der Waals surface area contributed by atoms with Crippen molar-refractivity contribution >= 4 is 17.8 Å². The van der Waals surface area contributed by atoms with Crippen LogP contribution >= 0.6 is 0 Å². The highest BCUT2D eigenvalue weighted by molar-refractivity contribution is 5.95. The van der Waals surface area contributed by atoms with Gasteiger partial charge in [-0.1, -0.05) is 30.3 Å². The molecule has 1 saturated heterocycles. The van der Waals surface area contributed by atoms with Gasteiger partial charge >= 0.3 is 12.1 Å². The lowest BCUT2D eigenvalue weighted by Crippen LogP contribution is -2.40. The number of likely N-dealkylation sites (tertiary alicyclic amines) is 1. The Labute approximate surface area is 115 Å². The molecule has 1 aromatic rings. The molecule has 1 heterocycles. The van der Waals surface area contributed by atoms with Gasteiger partial charge in [0.15, 0.2) is 5.78 Å². The Morgan fingerprint density at radius 1 is 1.30 bits per heavy atom. The van der Waals surface area contributed by atoms with Crippen LogP contribution in [-0.2, 0) is 20.7 Å². The molecule has 1 N–H and O–H groups in total. The molecule has 1 fully saturated rings. The SMILES string of the molecule is O=C1CC(C(=O)OCCc2ccccc2)N(C(=O)O)C1. The molecule has 0 aromatic heterocycles. The molecule has 1 unspecified atom stereocenters. The molecule has 0 bridgehead atoms. The van der Waals surface area contributed by atoms with Crippen molar-refractivity contribution in [1.82, 2.24) is 4.90 Å². The highest BCUT2D eigenvalue weighted by Gasteiger charge is 2.39. The Bertz CT molecular complexity index is 514. The summed E-state index contributed by atoms with van der Waals surface area (Å²) in [6.45, 7) is -0.0746. The Balaban J connectivity index is 1.85. The molecular weight excluding hydrogens is 262 g/mol. The zero-order valence-corrected chi connectivity index (χ0v) is 10.8. The van der Waals surface area contributed by atoms with Crippen molar-refractivity contribution in [3.63, 3.8) is 0 Å². The molecule has 106 valence electrons.